The Morgan fingerprint density at radius 2 is 1.54 bits per heavy atom. The maximum atomic E-state index is 12.9. The van der Waals surface area contributed by atoms with Gasteiger partial charge in [0.05, 0.1) is 23.2 Å². The average molecular weight is 397 g/mol. The van der Waals surface area contributed by atoms with Crippen LogP contribution in [0.25, 0.3) is 0 Å². The van der Waals surface area contributed by atoms with Crippen LogP contribution in [0.1, 0.15) is 68.2 Å². The van der Waals surface area contributed by atoms with Crippen molar-refractivity contribution in [1.29, 1.82) is 0 Å². The second-order valence-electron chi connectivity index (χ2n) is 9.86. The molecule has 0 aliphatic carbocycles. The summed E-state index contributed by atoms with van der Waals surface area (Å²) >= 11 is 0. The summed E-state index contributed by atoms with van der Waals surface area (Å²) in [5.41, 5.74) is -2.18. The van der Waals surface area contributed by atoms with Gasteiger partial charge in [0.25, 0.3) is 0 Å². The molecule has 2 rings (SSSR count). The van der Waals surface area contributed by atoms with Crippen molar-refractivity contribution in [3.8, 4) is 0 Å². The minimum atomic E-state index is -0.726. The molecule has 2 aliphatic rings. The van der Waals surface area contributed by atoms with Crippen molar-refractivity contribution in [3.05, 3.63) is 0 Å². The molecule has 0 bridgehead atoms. The zero-order chi connectivity index (χ0) is 21.4. The second-order valence-corrected chi connectivity index (χ2v) is 9.86. The summed E-state index contributed by atoms with van der Waals surface area (Å²) in [5.74, 6) is -0.242. The van der Waals surface area contributed by atoms with Gasteiger partial charge in [-0.1, -0.05) is 0 Å². The van der Waals surface area contributed by atoms with E-state index >= 15 is 0 Å². The lowest BCUT2D eigenvalue weighted by Gasteiger charge is -2.40. The van der Waals surface area contributed by atoms with Gasteiger partial charge in [0.15, 0.2) is 0 Å². The summed E-state index contributed by atoms with van der Waals surface area (Å²) in [5, 5.41) is 0. The molecule has 160 valence electrons. The lowest BCUT2D eigenvalue weighted by atomic mass is 9.63. The van der Waals surface area contributed by atoms with E-state index in [1.165, 1.54) is 0 Å². The van der Waals surface area contributed by atoms with Crippen LogP contribution in [0.3, 0.4) is 0 Å². The number of esters is 1. The number of carbonyl (C=O) groups is 2. The molecule has 8 heteroatoms. The van der Waals surface area contributed by atoms with E-state index in [4.69, 9.17) is 18.8 Å². The Balaban J connectivity index is 2.10. The van der Waals surface area contributed by atoms with Crippen LogP contribution in [-0.4, -0.2) is 60.6 Å². The number of hydrogen-bond donors (Lipinski definition) is 0. The van der Waals surface area contributed by atoms with Gasteiger partial charge in [-0.15, -0.1) is 0 Å². The van der Waals surface area contributed by atoms with Gasteiger partial charge in [0, 0.05) is 13.1 Å². The quantitative estimate of drug-likeness (QED) is 0.533. The first-order valence-electron chi connectivity index (χ1n) is 10.2. The lowest BCUT2D eigenvalue weighted by molar-refractivity contribution is -0.157. The van der Waals surface area contributed by atoms with Crippen LogP contribution in [-0.2, 0) is 23.6 Å². The van der Waals surface area contributed by atoms with E-state index in [-0.39, 0.29) is 12.1 Å². The Morgan fingerprint density at radius 1 is 1.04 bits per heavy atom. The van der Waals surface area contributed by atoms with E-state index in [0.29, 0.717) is 38.9 Å². The molecule has 0 aromatic carbocycles. The van der Waals surface area contributed by atoms with Gasteiger partial charge in [-0.05, 0) is 74.6 Å². The zero-order valence-corrected chi connectivity index (χ0v) is 18.7. The zero-order valence-electron chi connectivity index (χ0n) is 18.7. The van der Waals surface area contributed by atoms with Crippen molar-refractivity contribution < 1.29 is 28.4 Å². The van der Waals surface area contributed by atoms with Crippen molar-refractivity contribution in [2.24, 2.45) is 5.41 Å². The SMILES string of the molecule is CCOC(=O)C1(CB2OC(C)(C)C(C)(C)O2)CCN(C(=O)OC(C)(C)C)CC1. The topological polar surface area (TPSA) is 74.3 Å². The molecule has 2 fully saturated rings. The normalized spacial score (nSPS) is 23.4. The number of rotatable bonds is 4. The largest absolute Gasteiger partial charge is 0.466 e. The van der Waals surface area contributed by atoms with E-state index in [2.05, 4.69) is 0 Å². The highest BCUT2D eigenvalue weighted by molar-refractivity contribution is 6.46. The van der Waals surface area contributed by atoms with Crippen molar-refractivity contribution in [1.82, 2.24) is 4.90 Å². The van der Waals surface area contributed by atoms with Crippen molar-refractivity contribution in [3.63, 3.8) is 0 Å². The van der Waals surface area contributed by atoms with E-state index < -0.39 is 29.3 Å². The molecule has 7 nitrogen and oxygen atoms in total. The van der Waals surface area contributed by atoms with Gasteiger partial charge in [-0.25, -0.2) is 4.79 Å². The number of hydrogen-bond acceptors (Lipinski definition) is 6. The van der Waals surface area contributed by atoms with Gasteiger partial charge >= 0.3 is 19.2 Å². The molecule has 0 atom stereocenters. The summed E-state index contributed by atoms with van der Waals surface area (Å²) in [6.45, 7) is 16.5. The summed E-state index contributed by atoms with van der Waals surface area (Å²) in [6, 6.07) is 0. The Labute approximate surface area is 169 Å². The van der Waals surface area contributed by atoms with Crippen molar-refractivity contribution >= 4 is 19.2 Å². The van der Waals surface area contributed by atoms with Crippen LogP contribution >= 0.6 is 0 Å². The maximum Gasteiger partial charge on any atom is 0.458 e. The smallest absolute Gasteiger partial charge is 0.458 e. The Morgan fingerprint density at radius 3 is 1.96 bits per heavy atom. The number of piperidine rings is 1. The minimum Gasteiger partial charge on any atom is -0.466 e. The highest BCUT2D eigenvalue weighted by Crippen LogP contribution is 2.44. The predicted octanol–water partition coefficient (Wildman–Crippen LogP) is 3.66. The summed E-state index contributed by atoms with van der Waals surface area (Å²) in [7, 11) is -0.484. The molecule has 0 aromatic rings. The van der Waals surface area contributed by atoms with Crippen LogP contribution in [0.4, 0.5) is 4.79 Å². The number of nitrogens with zero attached hydrogens (tertiary/aromatic N) is 1. The first-order chi connectivity index (χ1) is 12.7. The molecule has 0 radical (unpaired) electrons. The highest BCUT2D eigenvalue weighted by atomic mass is 16.7. The summed E-state index contributed by atoms with van der Waals surface area (Å²) in [6.07, 6.45) is 1.06. The van der Waals surface area contributed by atoms with E-state index in [0.717, 1.165) is 0 Å². The highest BCUT2D eigenvalue weighted by Gasteiger charge is 2.55. The summed E-state index contributed by atoms with van der Waals surface area (Å²) in [4.78, 5) is 26.9. The number of carbonyl (C=O) groups excluding carboxylic acids is 2. The fraction of sp³-hybridized carbons (Fsp3) is 0.900. The molecule has 0 saturated carbocycles. The molecule has 2 saturated heterocycles. The van der Waals surface area contributed by atoms with Crippen LogP contribution in [0.15, 0.2) is 0 Å². The number of ether oxygens (including phenoxy) is 2. The molecule has 0 N–H and O–H groups in total. The first-order valence-corrected chi connectivity index (χ1v) is 10.2. The van der Waals surface area contributed by atoms with Crippen LogP contribution < -0.4 is 0 Å². The monoisotopic (exact) mass is 397 g/mol. The number of amides is 1. The third-order valence-corrected chi connectivity index (χ3v) is 5.94. The molecular weight excluding hydrogens is 361 g/mol. The Hall–Kier alpha value is -1.28. The van der Waals surface area contributed by atoms with Gasteiger partial charge in [-0.2, -0.15) is 0 Å². The van der Waals surface area contributed by atoms with Crippen LogP contribution in [0, 0.1) is 5.41 Å². The maximum absolute atomic E-state index is 12.9. The molecule has 28 heavy (non-hydrogen) atoms. The average Bonchev–Trinajstić information content (AvgIpc) is 2.73. The predicted molar refractivity (Wildman–Crippen MR) is 107 cm³/mol. The molecule has 0 spiro atoms. The van der Waals surface area contributed by atoms with Crippen molar-refractivity contribution in [2.75, 3.05) is 19.7 Å². The number of likely N-dealkylation sites (tertiary alicyclic amines) is 1. The van der Waals surface area contributed by atoms with Gasteiger partial charge in [-0.3, -0.25) is 4.79 Å². The van der Waals surface area contributed by atoms with Crippen LogP contribution in [0.5, 0.6) is 0 Å². The van der Waals surface area contributed by atoms with Crippen LogP contribution in [0.2, 0.25) is 6.32 Å². The summed E-state index contributed by atoms with van der Waals surface area (Å²) < 4.78 is 23.1. The van der Waals surface area contributed by atoms with Gasteiger partial charge in [0.1, 0.15) is 5.60 Å². The molecular formula is C20H36BNO6. The second kappa shape index (κ2) is 7.86. The van der Waals surface area contributed by atoms with E-state index in [1.54, 1.807) is 11.8 Å². The van der Waals surface area contributed by atoms with E-state index in [9.17, 15) is 9.59 Å². The van der Waals surface area contributed by atoms with Gasteiger partial charge in [0.2, 0.25) is 0 Å². The molecule has 0 unspecified atom stereocenters. The van der Waals surface area contributed by atoms with E-state index in [1.807, 2.05) is 48.5 Å². The first kappa shape index (κ1) is 23.0. The Bertz CT molecular complexity index is 574. The third kappa shape index (κ3) is 5.01. The fourth-order valence-electron chi connectivity index (χ4n) is 3.59. The lowest BCUT2D eigenvalue weighted by Crippen LogP contribution is -2.50. The Kier molecular flexibility index (Phi) is 6.46. The van der Waals surface area contributed by atoms with Crippen molar-refractivity contribution in [2.45, 2.75) is 91.4 Å². The molecule has 2 heterocycles. The molecule has 0 aromatic heterocycles. The minimum absolute atomic E-state index is 0.242. The fourth-order valence-corrected chi connectivity index (χ4v) is 3.59. The molecule has 2 aliphatic heterocycles. The third-order valence-electron chi connectivity index (χ3n) is 5.94. The standard InChI is InChI=1S/C20H36BNO6/c1-9-25-15(23)20(14-21-27-18(5,6)19(7,8)28-21)10-12-22(13-11-20)16(24)26-17(2,3)4/h9-14H2,1-8H3. The van der Waals surface area contributed by atoms with Gasteiger partial charge < -0.3 is 23.7 Å². The molecule has 1 amide bonds.